The van der Waals surface area contributed by atoms with E-state index in [1.54, 1.807) is 41.9 Å². The van der Waals surface area contributed by atoms with Crippen LogP contribution >= 0.6 is 11.3 Å². The maximum atomic E-state index is 14.1. The van der Waals surface area contributed by atoms with Gasteiger partial charge in [-0.05, 0) is 46.9 Å². The fourth-order valence-electron chi connectivity index (χ4n) is 6.30. The molecule has 6 rings (SSSR count). The third kappa shape index (κ3) is 7.51. The summed E-state index contributed by atoms with van der Waals surface area (Å²) in [5.74, 6) is 0.764. The molecule has 0 spiro atoms. The van der Waals surface area contributed by atoms with E-state index in [1.165, 1.54) is 22.5 Å². The molecule has 4 aromatic carbocycles. The van der Waals surface area contributed by atoms with E-state index in [9.17, 15) is 14.9 Å². The summed E-state index contributed by atoms with van der Waals surface area (Å²) in [6.07, 6.45) is 2.34. The lowest BCUT2D eigenvalue weighted by molar-refractivity contribution is -0.126. The number of thiazole rings is 1. The van der Waals surface area contributed by atoms with Crippen LogP contribution in [0.2, 0.25) is 0 Å². The Balaban J connectivity index is 1.33. The summed E-state index contributed by atoms with van der Waals surface area (Å²) in [5.41, 5.74) is 3.92. The van der Waals surface area contributed by atoms with Crippen molar-refractivity contribution in [1.29, 1.82) is 5.26 Å². The van der Waals surface area contributed by atoms with Crippen LogP contribution in [-0.4, -0.2) is 60.7 Å². The quantitative estimate of drug-likeness (QED) is 0.216. The van der Waals surface area contributed by atoms with Crippen LogP contribution in [0.15, 0.2) is 114 Å². The summed E-state index contributed by atoms with van der Waals surface area (Å²) in [6.45, 7) is 2.54. The molecular weight excluding hydrogens is 633 g/mol. The predicted octanol–water partition coefficient (Wildman–Crippen LogP) is 4.61. The van der Waals surface area contributed by atoms with Crippen LogP contribution in [0.4, 0.5) is 0 Å². The number of nitriles is 1. The maximum Gasteiger partial charge on any atom is 0.269 e. The van der Waals surface area contributed by atoms with Crippen LogP contribution in [0, 0.1) is 11.3 Å². The molecule has 49 heavy (non-hydrogen) atoms. The minimum Gasteiger partial charge on any atom is -0.493 e. The lowest BCUT2D eigenvalue weighted by Crippen LogP contribution is -2.50. The molecule has 0 aliphatic carbocycles. The first-order valence-corrected chi connectivity index (χ1v) is 17.1. The van der Waals surface area contributed by atoms with Crippen molar-refractivity contribution < 1.29 is 14.3 Å². The zero-order chi connectivity index (χ0) is 34.2. The highest BCUT2D eigenvalue weighted by molar-refractivity contribution is 7.07. The number of amides is 1. The van der Waals surface area contributed by atoms with E-state index >= 15 is 0 Å². The van der Waals surface area contributed by atoms with Crippen LogP contribution in [0.3, 0.4) is 0 Å². The Kier molecular flexibility index (Phi) is 10.7. The molecule has 8 nitrogen and oxygen atoms in total. The SMILES string of the molecule is COc1ccc(C=c2sc(=C(C#N)C(=O)N3CCN(C(c4ccccc4)c4ccccc4)CC3)n(CCc3ccccc3)c2=O)cc1OC. The van der Waals surface area contributed by atoms with E-state index in [0.717, 1.165) is 11.1 Å². The molecule has 0 saturated carbocycles. The highest BCUT2D eigenvalue weighted by Gasteiger charge is 2.30. The Hall–Kier alpha value is -5.43. The van der Waals surface area contributed by atoms with E-state index in [1.807, 2.05) is 72.8 Å². The highest BCUT2D eigenvalue weighted by atomic mass is 32.1. The van der Waals surface area contributed by atoms with Crippen molar-refractivity contribution >= 4 is 28.9 Å². The average Bonchev–Trinajstić information content (AvgIpc) is 3.46. The molecule has 2 heterocycles. The van der Waals surface area contributed by atoms with Gasteiger partial charge in [0.25, 0.3) is 11.5 Å². The third-order valence-electron chi connectivity index (χ3n) is 8.82. The van der Waals surface area contributed by atoms with Gasteiger partial charge in [-0.25, -0.2) is 0 Å². The Morgan fingerprint density at radius 1 is 0.837 bits per heavy atom. The van der Waals surface area contributed by atoms with Gasteiger partial charge in [0.15, 0.2) is 17.1 Å². The van der Waals surface area contributed by atoms with E-state index in [-0.39, 0.29) is 23.1 Å². The summed E-state index contributed by atoms with van der Waals surface area (Å²) in [5, 5.41) is 10.4. The van der Waals surface area contributed by atoms with Crippen LogP contribution in [-0.2, 0) is 17.8 Å². The van der Waals surface area contributed by atoms with Gasteiger partial charge in [0.1, 0.15) is 10.7 Å². The van der Waals surface area contributed by atoms with Crippen molar-refractivity contribution in [3.05, 3.63) is 151 Å². The monoisotopic (exact) mass is 670 g/mol. The van der Waals surface area contributed by atoms with Crippen molar-refractivity contribution in [3.8, 4) is 17.6 Å². The van der Waals surface area contributed by atoms with Crippen molar-refractivity contribution in [2.75, 3.05) is 40.4 Å². The summed E-state index contributed by atoms with van der Waals surface area (Å²) < 4.78 is 13.2. The number of piperazine rings is 1. The first kappa shape index (κ1) is 33.5. The zero-order valence-electron chi connectivity index (χ0n) is 27.6. The minimum absolute atomic E-state index is 0.0155. The largest absolute Gasteiger partial charge is 0.493 e. The molecule has 248 valence electrons. The number of carbonyl (C=O) groups excluding carboxylic acids is 1. The van der Waals surface area contributed by atoms with Gasteiger partial charge in [0, 0.05) is 32.7 Å². The lowest BCUT2D eigenvalue weighted by Gasteiger charge is -2.39. The molecule has 1 saturated heterocycles. The first-order chi connectivity index (χ1) is 24.0. The Bertz CT molecular complexity index is 2080. The van der Waals surface area contributed by atoms with Gasteiger partial charge >= 0.3 is 0 Å². The number of nitrogens with zero attached hydrogens (tertiary/aromatic N) is 4. The molecule has 0 N–H and O–H groups in total. The topological polar surface area (TPSA) is 87.8 Å². The van der Waals surface area contributed by atoms with Crippen LogP contribution < -0.4 is 24.2 Å². The molecule has 9 heteroatoms. The number of ether oxygens (including phenoxy) is 2. The molecule has 0 atom stereocenters. The van der Waals surface area contributed by atoms with Gasteiger partial charge in [0.2, 0.25) is 0 Å². The summed E-state index contributed by atoms with van der Waals surface area (Å²) in [7, 11) is 3.13. The van der Waals surface area contributed by atoms with Crippen molar-refractivity contribution in [2.24, 2.45) is 0 Å². The number of carbonyl (C=O) groups is 1. The summed E-state index contributed by atoms with van der Waals surface area (Å²) >= 11 is 1.17. The molecule has 5 aromatic rings. The molecular formula is C40H38N4O4S. The summed E-state index contributed by atoms with van der Waals surface area (Å²) in [4.78, 5) is 32.2. The van der Waals surface area contributed by atoms with Gasteiger partial charge in [-0.15, -0.1) is 11.3 Å². The fourth-order valence-corrected chi connectivity index (χ4v) is 7.42. The molecule has 1 aliphatic rings. The molecule has 1 aliphatic heterocycles. The molecule has 0 radical (unpaired) electrons. The molecule has 1 amide bonds. The second-order valence-corrected chi connectivity index (χ2v) is 12.8. The van der Waals surface area contributed by atoms with E-state index < -0.39 is 0 Å². The molecule has 0 bridgehead atoms. The van der Waals surface area contributed by atoms with E-state index in [2.05, 4.69) is 35.2 Å². The zero-order valence-corrected chi connectivity index (χ0v) is 28.4. The minimum atomic E-state index is -0.356. The number of hydrogen-bond acceptors (Lipinski definition) is 7. The van der Waals surface area contributed by atoms with Gasteiger partial charge in [-0.3, -0.25) is 19.1 Å². The van der Waals surface area contributed by atoms with Crippen LogP contribution in [0.5, 0.6) is 11.5 Å². The second kappa shape index (κ2) is 15.6. The number of methoxy groups -OCH3 is 2. The fraction of sp³-hybridized carbons (Fsp3) is 0.225. The van der Waals surface area contributed by atoms with Crippen LogP contribution in [0.1, 0.15) is 28.3 Å². The molecule has 1 fully saturated rings. The van der Waals surface area contributed by atoms with Gasteiger partial charge in [-0.2, -0.15) is 5.26 Å². The summed E-state index contributed by atoms with van der Waals surface area (Å²) in [6, 6.07) is 38.3. The Morgan fingerprint density at radius 2 is 1.43 bits per heavy atom. The van der Waals surface area contributed by atoms with Crippen molar-refractivity contribution in [2.45, 2.75) is 19.0 Å². The number of hydrogen-bond donors (Lipinski definition) is 0. The van der Waals surface area contributed by atoms with Crippen LogP contribution in [0.25, 0.3) is 11.6 Å². The molecule has 0 unspecified atom stereocenters. The Morgan fingerprint density at radius 3 is 2.00 bits per heavy atom. The predicted molar refractivity (Wildman–Crippen MR) is 193 cm³/mol. The molecule has 1 aromatic heterocycles. The maximum absolute atomic E-state index is 14.1. The van der Waals surface area contributed by atoms with Gasteiger partial charge in [0.05, 0.1) is 24.8 Å². The normalized spacial score (nSPS) is 14.4. The number of aryl methyl sites for hydroxylation is 1. The lowest BCUT2D eigenvalue weighted by atomic mass is 9.96. The number of benzene rings is 4. The smallest absolute Gasteiger partial charge is 0.269 e. The third-order valence-corrected chi connectivity index (χ3v) is 9.95. The van der Waals surface area contributed by atoms with Crippen molar-refractivity contribution in [3.63, 3.8) is 0 Å². The standard InChI is InChI=1S/C40H38N4O4S/c1-47-34-19-18-30(26-35(34)48-2)27-36-39(46)44(21-20-29-12-6-3-7-13-29)40(49-36)33(28-41)38(45)43-24-22-42(23-25-43)37(31-14-8-4-9-15-31)32-16-10-5-11-17-32/h3-19,26-27,37H,20-25H2,1-2H3. The van der Waals surface area contributed by atoms with E-state index in [0.29, 0.717) is 59.8 Å². The Labute approximate surface area is 290 Å². The van der Waals surface area contributed by atoms with Gasteiger partial charge < -0.3 is 14.4 Å². The second-order valence-electron chi connectivity index (χ2n) is 11.8. The number of aromatic nitrogens is 1. The average molecular weight is 671 g/mol. The number of rotatable bonds is 10. The van der Waals surface area contributed by atoms with Gasteiger partial charge in [-0.1, -0.05) is 97.1 Å². The highest BCUT2D eigenvalue weighted by Crippen LogP contribution is 2.30. The first-order valence-electron chi connectivity index (χ1n) is 16.3. The van der Waals surface area contributed by atoms with Crippen molar-refractivity contribution in [1.82, 2.24) is 14.4 Å². The van der Waals surface area contributed by atoms with E-state index in [4.69, 9.17) is 9.47 Å².